The number of aliphatic imine (C=N–C) groups is 1. The van der Waals surface area contributed by atoms with Crippen molar-refractivity contribution < 1.29 is 9.59 Å². The minimum absolute atomic E-state index is 0.0725. The van der Waals surface area contributed by atoms with Crippen LogP contribution in [0.4, 0.5) is 10.8 Å². The highest BCUT2D eigenvalue weighted by Gasteiger charge is 2.17. The second-order valence-electron chi connectivity index (χ2n) is 4.45. The van der Waals surface area contributed by atoms with Crippen LogP contribution >= 0.6 is 46.5 Å². The Balaban J connectivity index is 1.50. The fourth-order valence-corrected chi connectivity index (χ4v) is 4.01. The Kier molecular flexibility index (Phi) is 5.72. The SMILES string of the molecule is O=C1CS/C(=N/c2nnc(SCC(=O)Nc3ccc(Cl)cc3)s2)N1. The van der Waals surface area contributed by atoms with Gasteiger partial charge in [-0.05, 0) is 24.3 Å². The first kappa shape index (κ1) is 17.2. The summed E-state index contributed by atoms with van der Waals surface area (Å²) in [5.74, 6) is 0.351. The molecular weight excluding hydrogens is 390 g/mol. The lowest BCUT2D eigenvalue weighted by Gasteiger charge is -2.03. The van der Waals surface area contributed by atoms with Crippen LogP contribution in [-0.4, -0.2) is 38.7 Å². The fourth-order valence-electron chi connectivity index (χ4n) is 1.64. The lowest BCUT2D eigenvalue weighted by Crippen LogP contribution is -2.19. The van der Waals surface area contributed by atoms with Gasteiger partial charge in [0.2, 0.25) is 16.9 Å². The monoisotopic (exact) mass is 399 g/mol. The molecule has 0 atom stereocenters. The summed E-state index contributed by atoms with van der Waals surface area (Å²) in [5, 5.41) is 14.9. The van der Waals surface area contributed by atoms with Crippen LogP contribution in [0.1, 0.15) is 0 Å². The molecule has 2 aromatic rings. The van der Waals surface area contributed by atoms with Crippen molar-refractivity contribution in [2.45, 2.75) is 4.34 Å². The van der Waals surface area contributed by atoms with Crippen molar-refractivity contribution in [3.05, 3.63) is 29.3 Å². The first-order chi connectivity index (χ1) is 11.6. The zero-order valence-electron chi connectivity index (χ0n) is 12.0. The third-order valence-electron chi connectivity index (χ3n) is 2.63. The van der Waals surface area contributed by atoms with E-state index in [9.17, 15) is 9.59 Å². The lowest BCUT2D eigenvalue weighted by atomic mass is 10.3. The van der Waals surface area contributed by atoms with Crippen LogP contribution in [0.3, 0.4) is 0 Å². The van der Waals surface area contributed by atoms with Crippen LogP contribution in [0.2, 0.25) is 5.02 Å². The van der Waals surface area contributed by atoms with Crippen LogP contribution in [0.5, 0.6) is 0 Å². The van der Waals surface area contributed by atoms with Gasteiger partial charge in [0.1, 0.15) is 0 Å². The largest absolute Gasteiger partial charge is 0.325 e. The number of hydrogen-bond acceptors (Lipinski definition) is 8. The van der Waals surface area contributed by atoms with Gasteiger partial charge in [0.15, 0.2) is 9.51 Å². The molecule has 1 aromatic carbocycles. The first-order valence-electron chi connectivity index (χ1n) is 6.61. The standard InChI is InChI=1S/C13H10ClN5O2S3/c14-7-1-3-8(4-2-7)15-9(20)6-23-13-19-18-12(24-13)17-11-16-10(21)5-22-11/h1-4H,5-6H2,(H,15,20)(H,16,17,18,21). The van der Waals surface area contributed by atoms with Crippen LogP contribution in [0.25, 0.3) is 0 Å². The summed E-state index contributed by atoms with van der Waals surface area (Å²) in [4.78, 5) is 27.2. The Bertz CT molecular complexity index is 793. The summed E-state index contributed by atoms with van der Waals surface area (Å²) in [6.07, 6.45) is 0. The van der Waals surface area contributed by atoms with Gasteiger partial charge in [-0.3, -0.25) is 9.59 Å². The Labute approximate surface area is 154 Å². The van der Waals surface area contributed by atoms with Gasteiger partial charge >= 0.3 is 0 Å². The summed E-state index contributed by atoms with van der Waals surface area (Å²) in [6, 6.07) is 6.88. The van der Waals surface area contributed by atoms with E-state index in [4.69, 9.17) is 11.6 Å². The van der Waals surface area contributed by atoms with Crippen molar-refractivity contribution in [2.75, 3.05) is 16.8 Å². The number of nitrogens with zero attached hydrogens (tertiary/aromatic N) is 3. The van der Waals surface area contributed by atoms with E-state index in [0.717, 1.165) is 0 Å². The molecule has 1 aromatic heterocycles. The number of nitrogens with one attached hydrogen (secondary N) is 2. The predicted molar refractivity (Wildman–Crippen MR) is 98.4 cm³/mol. The van der Waals surface area contributed by atoms with Gasteiger partial charge in [0.05, 0.1) is 11.5 Å². The minimum atomic E-state index is -0.149. The van der Waals surface area contributed by atoms with E-state index in [0.29, 0.717) is 31.1 Å². The van der Waals surface area contributed by atoms with E-state index in [1.807, 2.05) is 0 Å². The maximum absolute atomic E-state index is 11.9. The molecule has 0 saturated carbocycles. The molecule has 24 heavy (non-hydrogen) atoms. The van der Waals surface area contributed by atoms with Gasteiger partial charge in [0.25, 0.3) is 0 Å². The van der Waals surface area contributed by atoms with Gasteiger partial charge in [-0.25, -0.2) is 0 Å². The number of thioether (sulfide) groups is 2. The van der Waals surface area contributed by atoms with E-state index < -0.39 is 0 Å². The van der Waals surface area contributed by atoms with Crippen molar-refractivity contribution in [1.82, 2.24) is 15.5 Å². The second kappa shape index (κ2) is 7.97. The quantitative estimate of drug-likeness (QED) is 0.750. The maximum Gasteiger partial charge on any atom is 0.236 e. The predicted octanol–water partition coefficient (Wildman–Crippen LogP) is 2.77. The van der Waals surface area contributed by atoms with E-state index in [2.05, 4.69) is 25.8 Å². The van der Waals surface area contributed by atoms with Crippen molar-refractivity contribution in [1.29, 1.82) is 0 Å². The van der Waals surface area contributed by atoms with Gasteiger partial charge in [-0.1, -0.05) is 46.5 Å². The molecule has 1 saturated heterocycles. The van der Waals surface area contributed by atoms with E-state index in [1.165, 1.54) is 34.9 Å². The van der Waals surface area contributed by atoms with Crippen LogP contribution in [-0.2, 0) is 9.59 Å². The highest BCUT2D eigenvalue weighted by molar-refractivity contribution is 8.15. The average Bonchev–Trinajstić information content (AvgIpc) is 3.17. The summed E-state index contributed by atoms with van der Waals surface area (Å²) in [6.45, 7) is 0. The highest BCUT2D eigenvalue weighted by Crippen LogP contribution is 2.28. The average molecular weight is 400 g/mol. The minimum Gasteiger partial charge on any atom is -0.325 e. The molecule has 1 fully saturated rings. The number of amidine groups is 1. The van der Waals surface area contributed by atoms with Gasteiger partial charge in [0, 0.05) is 10.7 Å². The fraction of sp³-hybridized carbons (Fsp3) is 0.154. The molecule has 11 heteroatoms. The molecule has 3 rings (SSSR count). The van der Waals surface area contributed by atoms with Crippen molar-refractivity contribution in [3.8, 4) is 0 Å². The zero-order valence-corrected chi connectivity index (χ0v) is 15.2. The molecule has 0 unspecified atom stereocenters. The molecule has 124 valence electrons. The Hall–Kier alpha value is -1.62. The zero-order chi connectivity index (χ0) is 16.9. The van der Waals surface area contributed by atoms with Gasteiger partial charge in [-0.15, -0.1) is 10.2 Å². The van der Waals surface area contributed by atoms with Crippen molar-refractivity contribution >= 4 is 74.3 Å². The van der Waals surface area contributed by atoms with E-state index in [-0.39, 0.29) is 17.6 Å². The Morgan fingerprint density at radius 3 is 2.88 bits per heavy atom. The molecule has 0 aliphatic carbocycles. The number of aromatic nitrogens is 2. The Morgan fingerprint density at radius 1 is 1.38 bits per heavy atom. The molecule has 0 radical (unpaired) electrons. The molecule has 0 spiro atoms. The number of benzene rings is 1. The molecule has 1 aliphatic heterocycles. The summed E-state index contributed by atoms with van der Waals surface area (Å²) < 4.78 is 0.634. The molecule has 0 bridgehead atoms. The second-order valence-corrected chi connectivity index (χ2v) is 8.03. The third kappa shape index (κ3) is 4.94. The van der Waals surface area contributed by atoms with Gasteiger partial charge < -0.3 is 10.6 Å². The maximum atomic E-state index is 11.9. The molecule has 1 aliphatic rings. The number of rotatable bonds is 5. The summed E-state index contributed by atoms with van der Waals surface area (Å²) in [7, 11) is 0. The van der Waals surface area contributed by atoms with Crippen LogP contribution in [0, 0.1) is 0 Å². The number of halogens is 1. The number of hydrogen-bond donors (Lipinski definition) is 2. The molecular formula is C13H10ClN5O2S3. The lowest BCUT2D eigenvalue weighted by molar-refractivity contribution is -0.117. The molecule has 2 heterocycles. The van der Waals surface area contributed by atoms with Crippen LogP contribution in [0.15, 0.2) is 33.6 Å². The normalized spacial score (nSPS) is 15.5. The van der Waals surface area contributed by atoms with Crippen molar-refractivity contribution in [3.63, 3.8) is 0 Å². The molecule has 2 amide bonds. The van der Waals surface area contributed by atoms with E-state index >= 15 is 0 Å². The van der Waals surface area contributed by atoms with E-state index in [1.54, 1.807) is 24.3 Å². The first-order valence-corrected chi connectivity index (χ1v) is 9.78. The summed E-state index contributed by atoms with van der Waals surface area (Å²) in [5.41, 5.74) is 0.684. The molecule has 7 nitrogen and oxygen atoms in total. The summed E-state index contributed by atoms with van der Waals surface area (Å²) >= 11 is 9.65. The van der Waals surface area contributed by atoms with Crippen molar-refractivity contribution in [2.24, 2.45) is 4.99 Å². The van der Waals surface area contributed by atoms with Crippen LogP contribution < -0.4 is 10.6 Å². The topological polar surface area (TPSA) is 96.3 Å². The Morgan fingerprint density at radius 2 is 2.17 bits per heavy atom. The number of amides is 2. The number of carbonyl (C=O) groups excluding carboxylic acids is 2. The third-order valence-corrected chi connectivity index (χ3v) is 5.71. The van der Waals surface area contributed by atoms with Gasteiger partial charge in [-0.2, -0.15) is 4.99 Å². The smallest absolute Gasteiger partial charge is 0.236 e. The highest BCUT2D eigenvalue weighted by atomic mass is 35.5. The number of anilines is 1. The number of carbonyl (C=O) groups is 2. The molecule has 2 N–H and O–H groups in total.